The van der Waals surface area contributed by atoms with Gasteiger partial charge in [-0.05, 0) is 43.6 Å². The molecule has 0 bridgehead atoms. The molecule has 0 saturated heterocycles. The molecule has 3 heterocycles. The SMILES string of the molecule is CC(=O)N[C@H]1CCC[C@](C(N)=O)(c2cc(-c3cnn4c3CC(C)(C)C4)c(Cl)cn2)C1. The van der Waals surface area contributed by atoms with Crippen LogP contribution in [0.5, 0.6) is 0 Å². The maximum Gasteiger partial charge on any atom is 0.229 e. The fourth-order valence-corrected chi connectivity index (χ4v) is 5.25. The Bertz CT molecular complexity index is 1010. The summed E-state index contributed by atoms with van der Waals surface area (Å²) in [5.41, 5.74) is 8.69. The first kappa shape index (κ1) is 20.8. The Labute approximate surface area is 181 Å². The standard InChI is InChI=1S/C22H28ClN5O2/c1-13(29)27-14-5-4-6-22(8-14,20(24)30)19-7-15(17(23)11-25-19)16-10-26-28-12-21(2,3)9-18(16)28/h7,10-11,14H,4-6,8-9,12H2,1-3H3,(H2,24,30)(H,27,29)/t14-,22+/m0/s1. The van der Waals surface area contributed by atoms with E-state index in [1.54, 1.807) is 6.20 Å². The van der Waals surface area contributed by atoms with Crippen molar-refractivity contribution in [3.63, 3.8) is 0 Å². The van der Waals surface area contributed by atoms with Crippen molar-refractivity contribution in [3.05, 3.63) is 34.9 Å². The van der Waals surface area contributed by atoms with Gasteiger partial charge in [-0.25, -0.2) is 0 Å². The van der Waals surface area contributed by atoms with Crippen molar-refractivity contribution >= 4 is 23.4 Å². The molecule has 1 aliphatic heterocycles. The molecule has 0 aromatic carbocycles. The molecule has 2 aromatic heterocycles. The molecule has 4 rings (SSSR count). The zero-order chi connectivity index (χ0) is 21.7. The van der Waals surface area contributed by atoms with Gasteiger partial charge >= 0.3 is 0 Å². The van der Waals surface area contributed by atoms with E-state index in [1.165, 1.54) is 6.92 Å². The highest BCUT2D eigenvalue weighted by atomic mass is 35.5. The van der Waals surface area contributed by atoms with Crippen molar-refractivity contribution < 1.29 is 9.59 Å². The number of nitrogens with two attached hydrogens (primary N) is 1. The second kappa shape index (κ2) is 7.38. The quantitative estimate of drug-likeness (QED) is 0.779. The number of rotatable bonds is 4. The number of nitrogens with one attached hydrogen (secondary N) is 1. The van der Waals surface area contributed by atoms with Gasteiger partial charge in [0.2, 0.25) is 11.8 Å². The molecule has 30 heavy (non-hydrogen) atoms. The summed E-state index contributed by atoms with van der Waals surface area (Å²) < 4.78 is 2.03. The van der Waals surface area contributed by atoms with E-state index in [0.717, 1.165) is 42.6 Å². The maximum atomic E-state index is 12.7. The summed E-state index contributed by atoms with van der Waals surface area (Å²) >= 11 is 6.55. The highest BCUT2D eigenvalue weighted by Crippen LogP contribution is 2.43. The average molecular weight is 430 g/mol. The van der Waals surface area contributed by atoms with Crippen LogP contribution in [0.4, 0.5) is 0 Å². The van der Waals surface area contributed by atoms with Crippen molar-refractivity contribution in [3.8, 4) is 11.1 Å². The van der Waals surface area contributed by atoms with Gasteiger partial charge in [-0.15, -0.1) is 0 Å². The van der Waals surface area contributed by atoms with Gasteiger partial charge in [-0.3, -0.25) is 19.3 Å². The fraction of sp³-hybridized carbons (Fsp3) is 0.545. The van der Waals surface area contributed by atoms with Crippen molar-refractivity contribution in [1.82, 2.24) is 20.1 Å². The Balaban J connectivity index is 1.76. The number of primary amides is 1. The summed E-state index contributed by atoms with van der Waals surface area (Å²) in [4.78, 5) is 28.8. The lowest BCUT2D eigenvalue weighted by molar-refractivity contribution is -0.126. The maximum absolute atomic E-state index is 12.7. The Hall–Kier alpha value is -2.41. The molecule has 1 saturated carbocycles. The van der Waals surface area contributed by atoms with Gasteiger partial charge < -0.3 is 11.1 Å². The summed E-state index contributed by atoms with van der Waals surface area (Å²) in [7, 11) is 0. The summed E-state index contributed by atoms with van der Waals surface area (Å²) in [6.07, 6.45) is 6.99. The minimum absolute atomic E-state index is 0.106. The Morgan fingerprint density at radius 2 is 2.07 bits per heavy atom. The van der Waals surface area contributed by atoms with Crippen LogP contribution >= 0.6 is 11.6 Å². The molecule has 0 radical (unpaired) electrons. The van der Waals surface area contributed by atoms with E-state index < -0.39 is 11.3 Å². The minimum Gasteiger partial charge on any atom is -0.369 e. The van der Waals surface area contributed by atoms with Crippen molar-refractivity contribution in [2.75, 3.05) is 0 Å². The topological polar surface area (TPSA) is 103 Å². The molecule has 8 heteroatoms. The normalized spacial score (nSPS) is 25.0. The van der Waals surface area contributed by atoms with Gasteiger partial charge in [-0.2, -0.15) is 5.10 Å². The Morgan fingerprint density at radius 1 is 1.30 bits per heavy atom. The molecule has 1 aliphatic carbocycles. The van der Waals surface area contributed by atoms with Gasteiger partial charge in [0.05, 0.1) is 22.3 Å². The molecule has 0 spiro atoms. The summed E-state index contributed by atoms with van der Waals surface area (Å²) in [6, 6.07) is 1.79. The number of aromatic nitrogens is 3. The number of nitrogens with zero attached hydrogens (tertiary/aromatic N) is 3. The van der Waals surface area contributed by atoms with E-state index in [2.05, 4.69) is 29.2 Å². The number of halogens is 1. The van der Waals surface area contributed by atoms with Crippen LogP contribution in [0.3, 0.4) is 0 Å². The number of amides is 2. The largest absolute Gasteiger partial charge is 0.369 e. The van der Waals surface area contributed by atoms with Crippen molar-refractivity contribution in [1.29, 1.82) is 0 Å². The monoisotopic (exact) mass is 429 g/mol. The van der Waals surface area contributed by atoms with Crippen LogP contribution in [0, 0.1) is 5.41 Å². The van der Waals surface area contributed by atoms with Crippen LogP contribution in [-0.4, -0.2) is 32.6 Å². The highest BCUT2D eigenvalue weighted by molar-refractivity contribution is 6.33. The van der Waals surface area contributed by atoms with Crippen LogP contribution in [-0.2, 0) is 28.0 Å². The van der Waals surface area contributed by atoms with Crippen molar-refractivity contribution in [2.24, 2.45) is 11.1 Å². The lowest BCUT2D eigenvalue weighted by Crippen LogP contribution is -2.50. The van der Waals surface area contributed by atoms with Crippen LogP contribution in [0.15, 0.2) is 18.5 Å². The number of hydrogen-bond acceptors (Lipinski definition) is 4. The first-order valence-electron chi connectivity index (χ1n) is 10.4. The van der Waals surface area contributed by atoms with Gasteiger partial charge in [0, 0.05) is 42.5 Å². The molecule has 2 amide bonds. The van der Waals surface area contributed by atoms with E-state index in [-0.39, 0.29) is 17.4 Å². The lowest BCUT2D eigenvalue weighted by atomic mass is 9.68. The molecule has 3 N–H and O–H groups in total. The van der Waals surface area contributed by atoms with Gasteiger partial charge in [0.25, 0.3) is 0 Å². The van der Waals surface area contributed by atoms with Crippen LogP contribution in [0.2, 0.25) is 5.02 Å². The molecule has 2 aromatic rings. The molecule has 2 aliphatic rings. The van der Waals surface area contributed by atoms with Gasteiger partial charge in [0.15, 0.2) is 0 Å². The van der Waals surface area contributed by atoms with Crippen molar-refractivity contribution in [2.45, 2.75) is 70.9 Å². The molecular formula is C22H28ClN5O2. The van der Waals surface area contributed by atoms with E-state index in [0.29, 0.717) is 23.6 Å². The van der Waals surface area contributed by atoms with E-state index >= 15 is 0 Å². The molecule has 7 nitrogen and oxygen atoms in total. The smallest absolute Gasteiger partial charge is 0.229 e. The molecule has 2 atom stereocenters. The molecule has 1 fully saturated rings. The zero-order valence-corrected chi connectivity index (χ0v) is 18.4. The zero-order valence-electron chi connectivity index (χ0n) is 17.7. The summed E-state index contributed by atoms with van der Waals surface area (Å²) in [6.45, 7) is 6.79. The predicted molar refractivity (Wildman–Crippen MR) is 115 cm³/mol. The first-order chi connectivity index (χ1) is 14.1. The number of hydrogen-bond donors (Lipinski definition) is 2. The second-order valence-corrected chi connectivity index (χ2v) is 9.90. The van der Waals surface area contributed by atoms with Crippen LogP contribution < -0.4 is 11.1 Å². The van der Waals surface area contributed by atoms with Gasteiger partial charge in [-0.1, -0.05) is 25.4 Å². The Kier molecular flexibility index (Phi) is 5.12. The van der Waals surface area contributed by atoms with Crippen LogP contribution in [0.25, 0.3) is 11.1 Å². The van der Waals surface area contributed by atoms with E-state index in [4.69, 9.17) is 17.3 Å². The number of carbonyl (C=O) groups excluding carboxylic acids is 2. The fourth-order valence-electron chi connectivity index (χ4n) is 5.05. The third-order valence-electron chi connectivity index (χ3n) is 6.44. The van der Waals surface area contributed by atoms with Gasteiger partial charge in [0.1, 0.15) is 0 Å². The molecule has 160 valence electrons. The number of pyridine rings is 1. The second-order valence-electron chi connectivity index (χ2n) is 9.49. The molecule has 0 unspecified atom stereocenters. The highest BCUT2D eigenvalue weighted by Gasteiger charge is 2.45. The lowest BCUT2D eigenvalue weighted by Gasteiger charge is -2.38. The average Bonchev–Trinajstić information content (AvgIpc) is 3.16. The Morgan fingerprint density at radius 3 is 2.77 bits per heavy atom. The van der Waals surface area contributed by atoms with E-state index in [9.17, 15) is 9.59 Å². The predicted octanol–water partition coefficient (Wildman–Crippen LogP) is 2.98. The molecular weight excluding hydrogens is 402 g/mol. The summed E-state index contributed by atoms with van der Waals surface area (Å²) in [5, 5.41) is 8.01. The van der Waals surface area contributed by atoms with E-state index in [1.807, 2.05) is 16.9 Å². The summed E-state index contributed by atoms with van der Waals surface area (Å²) in [5.74, 6) is -0.525. The number of fused-ring (bicyclic) bond motifs is 1. The number of carbonyl (C=O) groups is 2. The third-order valence-corrected chi connectivity index (χ3v) is 6.74. The first-order valence-corrected chi connectivity index (χ1v) is 10.8. The third kappa shape index (κ3) is 3.60. The minimum atomic E-state index is -0.930. The van der Waals surface area contributed by atoms with Crippen LogP contribution in [0.1, 0.15) is 57.8 Å².